The van der Waals surface area contributed by atoms with E-state index in [4.69, 9.17) is 4.74 Å². The minimum atomic E-state index is -0.719. The number of nitrogens with one attached hydrogen (secondary N) is 1. The van der Waals surface area contributed by atoms with Gasteiger partial charge in [0.2, 0.25) is 0 Å². The Balaban J connectivity index is 2.51. The maximum atomic E-state index is 13.0. The molecule has 0 fully saturated rings. The first kappa shape index (κ1) is 18.1. The second-order valence-electron chi connectivity index (χ2n) is 7.26. The van der Waals surface area contributed by atoms with Crippen molar-refractivity contribution in [3.05, 3.63) is 35.6 Å². The second kappa shape index (κ2) is 6.90. The van der Waals surface area contributed by atoms with Crippen LogP contribution in [0.1, 0.15) is 51.4 Å². The van der Waals surface area contributed by atoms with E-state index in [0.29, 0.717) is 0 Å². The molecule has 0 saturated heterocycles. The Kier molecular flexibility index (Phi) is 5.69. The summed E-state index contributed by atoms with van der Waals surface area (Å²) < 4.78 is 17.9. The van der Waals surface area contributed by atoms with Crippen LogP contribution in [0, 0.1) is 11.2 Å². The number of amides is 1. The van der Waals surface area contributed by atoms with Gasteiger partial charge in [-0.15, -0.1) is 0 Å². The summed E-state index contributed by atoms with van der Waals surface area (Å²) in [5.74, 6) is -1.62. The molecule has 0 aliphatic rings. The highest BCUT2D eigenvalue weighted by Crippen LogP contribution is 2.26. The van der Waals surface area contributed by atoms with Gasteiger partial charge < -0.3 is 10.1 Å². The fourth-order valence-electron chi connectivity index (χ4n) is 2.61. The first-order chi connectivity index (χ1) is 9.98. The Morgan fingerprint density at radius 3 is 2.36 bits per heavy atom. The van der Waals surface area contributed by atoms with Crippen molar-refractivity contribution in [1.29, 1.82) is 0 Å². The van der Waals surface area contributed by atoms with Crippen LogP contribution in [0.4, 0.5) is 4.39 Å². The number of ether oxygens (including phenoxy) is 1. The van der Waals surface area contributed by atoms with Crippen molar-refractivity contribution >= 4 is 11.9 Å². The van der Waals surface area contributed by atoms with Crippen molar-refractivity contribution < 1.29 is 18.7 Å². The Hall–Kier alpha value is -1.91. The van der Waals surface area contributed by atoms with E-state index in [2.05, 4.69) is 26.1 Å². The SMILES string of the molecule is CC(C)(C)CC(C)(C)NC(=O)COC(=O)c1cccc(F)c1. The van der Waals surface area contributed by atoms with Crippen molar-refractivity contribution in [1.82, 2.24) is 5.32 Å². The molecule has 0 radical (unpaired) electrons. The van der Waals surface area contributed by atoms with E-state index in [1.165, 1.54) is 18.2 Å². The molecular weight excluding hydrogens is 285 g/mol. The van der Waals surface area contributed by atoms with Gasteiger partial charge in [-0.1, -0.05) is 26.8 Å². The first-order valence-corrected chi connectivity index (χ1v) is 7.22. The van der Waals surface area contributed by atoms with Gasteiger partial charge in [0, 0.05) is 5.54 Å². The number of benzene rings is 1. The molecule has 4 nitrogen and oxygen atoms in total. The lowest BCUT2D eigenvalue weighted by molar-refractivity contribution is -0.126. The van der Waals surface area contributed by atoms with Gasteiger partial charge in [-0.2, -0.15) is 0 Å². The lowest BCUT2D eigenvalue weighted by atomic mass is 9.82. The zero-order chi connectivity index (χ0) is 17.0. The maximum absolute atomic E-state index is 13.0. The lowest BCUT2D eigenvalue weighted by Gasteiger charge is -2.33. The van der Waals surface area contributed by atoms with Gasteiger partial charge in [0.25, 0.3) is 5.91 Å². The molecule has 0 aliphatic carbocycles. The van der Waals surface area contributed by atoms with E-state index in [9.17, 15) is 14.0 Å². The minimum Gasteiger partial charge on any atom is -0.452 e. The van der Waals surface area contributed by atoms with Crippen LogP contribution in [-0.2, 0) is 9.53 Å². The summed E-state index contributed by atoms with van der Waals surface area (Å²) in [5, 5.41) is 2.84. The van der Waals surface area contributed by atoms with E-state index in [1.807, 2.05) is 13.8 Å². The third kappa shape index (κ3) is 6.70. The van der Waals surface area contributed by atoms with Gasteiger partial charge in [0.15, 0.2) is 6.61 Å². The Labute approximate surface area is 131 Å². The number of carbonyl (C=O) groups is 2. The molecule has 1 rings (SSSR count). The van der Waals surface area contributed by atoms with Crippen LogP contribution >= 0.6 is 0 Å². The molecule has 1 amide bonds. The summed E-state index contributed by atoms with van der Waals surface area (Å²) in [6, 6.07) is 5.16. The van der Waals surface area contributed by atoms with E-state index < -0.39 is 17.3 Å². The second-order valence-corrected chi connectivity index (χ2v) is 7.26. The van der Waals surface area contributed by atoms with Crippen molar-refractivity contribution in [3.63, 3.8) is 0 Å². The smallest absolute Gasteiger partial charge is 0.338 e. The highest BCUT2D eigenvalue weighted by molar-refractivity contribution is 5.91. The summed E-state index contributed by atoms with van der Waals surface area (Å²) >= 11 is 0. The van der Waals surface area contributed by atoms with Crippen LogP contribution in [0.25, 0.3) is 0 Å². The predicted molar refractivity (Wildman–Crippen MR) is 83.0 cm³/mol. The van der Waals surface area contributed by atoms with Crippen LogP contribution in [-0.4, -0.2) is 24.0 Å². The molecule has 1 aromatic rings. The van der Waals surface area contributed by atoms with E-state index in [1.54, 1.807) is 0 Å². The Bertz CT molecular complexity index is 547. The zero-order valence-corrected chi connectivity index (χ0v) is 13.8. The molecule has 1 N–H and O–H groups in total. The van der Waals surface area contributed by atoms with Crippen LogP contribution in [0.5, 0.6) is 0 Å². The quantitative estimate of drug-likeness (QED) is 0.849. The molecule has 5 heteroatoms. The van der Waals surface area contributed by atoms with E-state index in [0.717, 1.165) is 12.5 Å². The van der Waals surface area contributed by atoms with Gasteiger partial charge >= 0.3 is 5.97 Å². The number of hydrogen-bond acceptors (Lipinski definition) is 3. The first-order valence-electron chi connectivity index (χ1n) is 7.22. The third-order valence-electron chi connectivity index (χ3n) is 2.84. The highest BCUT2D eigenvalue weighted by atomic mass is 19.1. The molecule has 1 aromatic carbocycles. The molecule has 0 atom stereocenters. The molecule has 0 unspecified atom stereocenters. The molecule has 0 aliphatic heterocycles. The van der Waals surface area contributed by atoms with E-state index >= 15 is 0 Å². The van der Waals surface area contributed by atoms with Crippen molar-refractivity contribution in [2.75, 3.05) is 6.61 Å². The van der Waals surface area contributed by atoms with Gasteiger partial charge in [0.1, 0.15) is 5.82 Å². The maximum Gasteiger partial charge on any atom is 0.338 e. The summed E-state index contributed by atoms with van der Waals surface area (Å²) in [6.07, 6.45) is 0.781. The van der Waals surface area contributed by atoms with E-state index in [-0.39, 0.29) is 23.5 Å². The number of rotatable bonds is 5. The number of carbonyl (C=O) groups excluding carboxylic acids is 2. The number of halogens is 1. The summed E-state index contributed by atoms with van der Waals surface area (Å²) in [4.78, 5) is 23.6. The van der Waals surface area contributed by atoms with Crippen molar-refractivity contribution in [3.8, 4) is 0 Å². The lowest BCUT2D eigenvalue weighted by Crippen LogP contribution is -2.47. The minimum absolute atomic E-state index is 0.0645. The molecule has 122 valence electrons. The largest absolute Gasteiger partial charge is 0.452 e. The molecule has 0 bridgehead atoms. The molecule has 0 aromatic heterocycles. The molecule has 0 saturated carbocycles. The van der Waals surface area contributed by atoms with Gasteiger partial charge in [-0.05, 0) is 43.9 Å². The van der Waals surface area contributed by atoms with Crippen LogP contribution in [0.15, 0.2) is 24.3 Å². The molecule has 0 heterocycles. The zero-order valence-electron chi connectivity index (χ0n) is 13.8. The predicted octanol–water partition coefficient (Wildman–Crippen LogP) is 3.31. The molecule has 22 heavy (non-hydrogen) atoms. The summed E-state index contributed by atoms with van der Waals surface area (Å²) in [7, 11) is 0. The average Bonchev–Trinajstić information content (AvgIpc) is 2.32. The molecular formula is C17H24FNO3. The van der Waals surface area contributed by atoms with Gasteiger partial charge in [-0.25, -0.2) is 9.18 Å². The van der Waals surface area contributed by atoms with Crippen LogP contribution in [0.2, 0.25) is 0 Å². The Morgan fingerprint density at radius 1 is 1.18 bits per heavy atom. The fraction of sp³-hybridized carbons (Fsp3) is 0.529. The van der Waals surface area contributed by atoms with Crippen molar-refractivity contribution in [2.24, 2.45) is 5.41 Å². The highest BCUT2D eigenvalue weighted by Gasteiger charge is 2.27. The topological polar surface area (TPSA) is 55.4 Å². The number of esters is 1. The fourth-order valence-corrected chi connectivity index (χ4v) is 2.61. The molecule has 0 spiro atoms. The normalized spacial score (nSPS) is 11.9. The average molecular weight is 309 g/mol. The van der Waals surface area contributed by atoms with Gasteiger partial charge in [0.05, 0.1) is 5.56 Å². The van der Waals surface area contributed by atoms with Crippen LogP contribution in [0.3, 0.4) is 0 Å². The third-order valence-corrected chi connectivity index (χ3v) is 2.84. The van der Waals surface area contributed by atoms with Crippen LogP contribution < -0.4 is 5.32 Å². The van der Waals surface area contributed by atoms with Crippen molar-refractivity contribution in [2.45, 2.75) is 46.6 Å². The Morgan fingerprint density at radius 2 is 1.82 bits per heavy atom. The number of hydrogen-bond donors (Lipinski definition) is 1. The van der Waals surface area contributed by atoms with Gasteiger partial charge in [-0.3, -0.25) is 4.79 Å². The summed E-state index contributed by atoms with van der Waals surface area (Å²) in [6.45, 7) is 9.72. The monoisotopic (exact) mass is 309 g/mol. The summed E-state index contributed by atoms with van der Waals surface area (Å²) in [5.41, 5.74) is -0.253. The standard InChI is InChI=1S/C17H24FNO3/c1-16(2,3)11-17(4,5)19-14(20)10-22-15(21)12-7-6-8-13(18)9-12/h6-9H,10-11H2,1-5H3,(H,19,20).